The number of hydrogen-bond acceptors (Lipinski definition) is 7. The molecule has 4 heterocycles. The minimum Gasteiger partial charge on any atom is -0.464 e. The number of aryl methyl sites for hydroxylation is 2. The maximum Gasteiger partial charge on any atom is 0.146 e. The number of furan rings is 1. The van der Waals surface area contributed by atoms with Crippen LogP contribution >= 0.6 is 11.3 Å². The standard InChI is InChI=1S/C23H30N4O2S/c1-14-4-6-17-19(12-14)30-23-21(17)22(24-16(3)18-7-5-15(2)29-18)25-20(26-23)13-27-8-10-28-11-9-27/h5,7,14,16H,4,6,8-13H2,1-3H3,(H,24,25,26)/t14-,16+/m0/s1. The summed E-state index contributed by atoms with van der Waals surface area (Å²) in [6.07, 6.45) is 3.51. The number of anilines is 1. The van der Waals surface area contributed by atoms with Crippen molar-refractivity contribution in [2.75, 3.05) is 31.6 Å². The molecule has 3 aromatic heterocycles. The first-order chi connectivity index (χ1) is 14.6. The maximum atomic E-state index is 5.86. The van der Waals surface area contributed by atoms with E-state index >= 15 is 0 Å². The first-order valence-electron chi connectivity index (χ1n) is 11.0. The predicted molar refractivity (Wildman–Crippen MR) is 120 cm³/mol. The highest BCUT2D eigenvalue weighted by Crippen LogP contribution is 2.41. The van der Waals surface area contributed by atoms with Crippen LogP contribution in [0, 0.1) is 12.8 Å². The highest BCUT2D eigenvalue weighted by Gasteiger charge is 2.25. The third-order valence-corrected chi connectivity index (χ3v) is 7.36. The number of fused-ring (bicyclic) bond motifs is 3. The summed E-state index contributed by atoms with van der Waals surface area (Å²) in [6, 6.07) is 4.11. The molecule has 30 heavy (non-hydrogen) atoms. The lowest BCUT2D eigenvalue weighted by Crippen LogP contribution is -2.36. The molecule has 0 amide bonds. The van der Waals surface area contributed by atoms with Crippen LogP contribution in [0.5, 0.6) is 0 Å². The van der Waals surface area contributed by atoms with Crippen LogP contribution < -0.4 is 5.32 Å². The molecule has 5 rings (SSSR count). The number of nitrogens with one attached hydrogen (secondary N) is 1. The SMILES string of the molecule is Cc1ccc([C@@H](C)Nc2nc(CN3CCOCC3)nc3sc4c(c23)CC[C@H](C)C4)o1. The Morgan fingerprint density at radius 3 is 2.87 bits per heavy atom. The third kappa shape index (κ3) is 3.98. The van der Waals surface area contributed by atoms with Crippen LogP contribution in [0.15, 0.2) is 16.5 Å². The van der Waals surface area contributed by atoms with Gasteiger partial charge >= 0.3 is 0 Å². The van der Waals surface area contributed by atoms with Crippen LogP contribution in [-0.4, -0.2) is 41.2 Å². The summed E-state index contributed by atoms with van der Waals surface area (Å²) < 4.78 is 11.4. The molecule has 0 saturated carbocycles. The molecule has 1 aliphatic heterocycles. The topological polar surface area (TPSA) is 63.4 Å². The molecular formula is C23H30N4O2S. The van der Waals surface area contributed by atoms with Gasteiger partial charge < -0.3 is 14.5 Å². The van der Waals surface area contributed by atoms with Crippen molar-refractivity contribution in [1.82, 2.24) is 14.9 Å². The number of nitrogens with zero attached hydrogens (tertiary/aromatic N) is 3. The number of rotatable bonds is 5. The third-order valence-electron chi connectivity index (χ3n) is 6.21. The van der Waals surface area contributed by atoms with E-state index in [1.54, 1.807) is 0 Å². The summed E-state index contributed by atoms with van der Waals surface area (Å²) in [5, 5.41) is 4.88. The highest BCUT2D eigenvalue weighted by atomic mass is 32.1. The van der Waals surface area contributed by atoms with E-state index in [1.165, 1.54) is 22.2 Å². The fourth-order valence-electron chi connectivity index (χ4n) is 4.48. The Morgan fingerprint density at radius 2 is 2.10 bits per heavy atom. The Kier molecular flexibility index (Phi) is 5.52. The van der Waals surface area contributed by atoms with Crippen molar-refractivity contribution in [1.29, 1.82) is 0 Å². The summed E-state index contributed by atoms with van der Waals surface area (Å²) in [4.78, 5) is 15.0. The van der Waals surface area contributed by atoms with Crippen molar-refractivity contribution >= 4 is 27.4 Å². The Morgan fingerprint density at radius 1 is 1.27 bits per heavy atom. The fourth-order valence-corrected chi connectivity index (χ4v) is 5.88. The monoisotopic (exact) mass is 426 g/mol. The van der Waals surface area contributed by atoms with Crippen LogP contribution in [0.25, 0.3) is 10.2 Å². The van der Waals surface area contributed by atoms with Gasteiger partial charge in [0.2, 0.25) is 0 Å². The highest BCUT2D eigenvalue weighted by molar-refractivity contribution is 7.19. The summed E-state index contributed by atoms with van der Waals surface area (Å²) in [5.74, 6) is 4.46. The molecule has 2 aliphatic rings. The number of hydrogen-bond donors (Lipinski definition) is 1. The van der Waals surface area contributed by atoms with Crippen LogP contribution in [0.4, 0.5) is 5.82 Å². The quantitative estimate of drug-likeness (QED) is 0.637. The van der Waals surface area contributed by atoms with Crippen molar-refractivity contribution in [3.05, 3.63) is 39.9 Å². The fraction of sp³-hybridized carbons (Fsp3) is 0.565. The lowest BCUT2D eigenvalue weighted by molar-refractivity contribution is 0.0331. The predicted octanol–water partition coefficient (Wildman–Crippen LogP) is 4.72. The largest absolute Gasteiger partial charge is 0.464 e. The van der Waals surface area contributed by atoms with Crippen LogP contribution in [0.2, 0.25) is 0 Å². The van der Waals surface area contributed by atoms with Gasteiger partial charge in [0.25, 0.3) is 0 Å². The smallest absolute Gasteiger partial charge is 0.146 e. The second-order valence-corrected chi connectivity index (χ2v) is 9.81. The van der Waals surface area contributed by atoms with E-state index in [2.05, 4.69) is 24.1 Å². The minimum absolute atomic E-state index is 0.0473. The first kappa shape index (κ1) is 20.0. The average Bonchev–Trinajstić information content (AvgIpc) is 3.31. The van der Waals surface area contributed by atoms with Gasteiger partial charge in [-0.25, -0.2) is 9.97 Å². The maximum absolute atomic E-state index is 5.86. The van der Waals surface area contributed by atoms with Gasteiger partial charge in [-0.3, -0.25) is 4.90 Å². The van der Waals surface area contributed by atoms with E-state index in [0.29, 0.717) is 0 Å². The Hall–Kier alpha value is -1.96. The van der Waals surface area contributed by atoms with Gasteiger partial charge in [-0.05, 0) is 56.7 Å². The number of thiophene rings is 1. The average molecular weight is 427 g/mol. The molecule has 3 aromatic rings. The Balaban J connectivity index is 1.52. The number of aromatic nitrogens is 2. The molecule has 1 N–H and O–H groups in total. The molecule has 1 saturated heterocycles. The lowest BCUT2D eigenvalue weighted by Gasteiger charge is -2.26. The number of ether oxygens (including phenoxy) is 1. The molecule has 0 unspecified atom stereocenters. The molecular weight excluding hydrogens is 396 g/mol. The van der Waals surface area contributed by atoms with Crippen molar-refractivity contribution in [3.63, 3.8) is 0 Å². The van der Waals surface area contributed by atoms with E-state index in [0.717, 1.165) is 79.6 Å². The molecule has 6 nitrogen and oxygen atoms in total. The van der Waals surface area contributed by atoms with Gasteiger partial charge in [0.1, 0.15) is 28.0 Å². The molecule has 7 heteroatoms. The van der Waals surface area contributed by atoms with Crippen molar-refractivity contribution in [3.8, 4) is 0 Å². The van der Waals surface area contributed by atoms with Gasteiger partial charge in [-0.2, -0.15) is 0 Å². The van der Waals surface area contributed by atoms with Gasteiger partial charge in [-0.15, -0.1) is 11.3 Å². The van der Waals surface area contributed by atoms with Crippen molar-refractivity contribution in [2.24, 2.45) is 5.92 Å². The number of morpholine rings is 1. The minimum atomic E-state index is 0.0473. The lowest BCUT2D eigenvalue weighted by atomic mass is 9.89. The van der Waals surface area contributed by atoms with E-state index in [-0.39, 0.29) is 6.04 Å². The van der Waals surface area contributed by atoms with E-state index in [1.807, 2.05) is 30.4 Å². The van der Waals surface area contributed by atoms with E-state index < -0.39 is 0 Å². The molecule has 1 aliphatic carbocycles. The molecule has 0 aromatic carbocycles. The van der Waals surface area contributed by atoms with Crippen molar-refractivity contribution < 1.29 is 9.15 Å². The van der Waals surface area contributed by atoms with E-state index in [4.69, 9.17) is 19.1 Å². The van der Waals surface area contributed by atoms with Crippen LogP contribution in [0.3, 0.4) is 0 Å². The molecule has 0 bridgehead atoms. The second-order valence-electron chi connectivity index (χ2n) is 8.72. The molecule has 1 fully saturated rings. The van der Waals surface area contributed by atoms with Gasteiger partial charge in [-0.1, -0.05) is 6.92 Å². The Bertz CT molecular complexity index is 1040. The molecule has 2 atom stereocenters. The van der Waals surface area contributed by atoms with Crippen LogP contribution in [0.1, 0.15) is 54.1 Å². The summed E-state index contributed by atoms with van der Waals surface area (Å²) in [5.41, 5.74) is 1.45. The second kappa shape index (κ2) is 8.29. The molecule has 0 spiro atoms. The van der Waals surface area contributed by atoms with Crippen molar-refractivity contribution in [2.45, 2.75) is 52.6 Å². The van der Waals surface area contributed by atoms with Gasteiger partial charge in [0, 0.05) is 18.0 Å². The van der Waals surface area contributed by atoms with Gasteiger partial charge in [0.05, 0.1) is 31.2 Å². The molecule has 160 valence electrons. The Labute approximate surface area is 181 Å². The normalized spacial score (nSPS) is 21.0. The summed E-state index contributed by atoms with van der Waals surface area (Å²) in [7, 11) is 0. The van der Waals surface area contributed by atoms with Gasteiger partial charge in [0.15, 0.2) is 0 Å². The summed E-state index contributed by atoms with van der Waals surface area (Å²) in [6.45, 7) is 10.7. The molecule has 0 radical (unpaired) electrons. The van der Waals surface area contributed by atoms with E-state index in [9.17, 15) is 0 Å². The zero-order valence-corrected chi connectivity index (χ0v) is 18.8. The zero-order valence-electron chi connectivity index (χ0n) is 18.0. The first-order valence-corrected chi connectivity index (χ1v) is 11.8. The summed E-state index contributed by atoms with van der Waals surface area (Å²) >= 11 is 1.86. The zero-order chi connectivity index (χ0) is 20.7. The van der Waals surface area contributed by atoms with Crippen LogP contribution in [-0.2, 0) is 24.1 Å².